The molecule has 2 heterocycles. The second-order valence-corrected chi connectivity index (χ2v) is 8.99. The van der Waals surface area contributed by atoms with Gasteiger partial charge in [0.15, 0.2) is 17.3 Å². The van der Waals surface area contributed by atoms with Crippen molar-refractivity contribution >= 4 is 11.9 Å². The Balaban J connectivity index is 1.60. The molecular formula is C28H26F2N4O5. The third-order valence-electron chi connectivity index (χ3n) is 5.82. The fourth-order valence-electron chi connectivity index (χ4n) is 3.73. The van der Waals surface area contributed by atoms with E-state index in [1.54, 1.807) is 45.0 Å². The fraction of sp³-hybridized carbons (Fsp3) is 0.250. The Morgan fingerprint density at radius 1 is 0.923 bits per heavy atom. The number of hydrogen-bond acceptors (Lipinski definition) is 8. The summed E-state index contributed by atoms with van der Waals surface area (Å²) in [5, 5.41) is 6.74. The molecule has 0 aliphatic carbocycles. The zero-order chi connectivity index (χ0) is 28.1. The van der Waals surface area contributed by atoms with Crippen molar-refractivity contribution in [3.8, 4) is 11.5 Å². The number of carbonyl (C=O) groups excluding carboxylic acids is 2. The number of methoxy groups -OCH3 is 1. The van der Waals surface area contributed by atoms with E-state index in [2.05, 4.69) is 20.4 Å². The Kier molecular flexibility index (Phi) is 8.28. The number of aromatic nitrogens is 3. The Bertz CT molecular complexity index is 1410. The van der Waals surface area contributed by atoms with E-state index < -0.39 is 41.4 Å². The molecule has 0 aliphatic rings. The zero-order valence-electron chi connectivity index (χ0n) is 21.6. The van der Waals surface area contributed by atoms with Gasteiger partial charge in [0.05, 0.1) is 25.0 Å². The maximum absolute atomic E-state index is 13.6. The summed E-state index contributed by atoms with van der Waals surface area (Å²) < 4.78 is 43.4. The molecule has 0 saturated heterocycles. The highest BCUT2D eigenvalue weighted by molar-refractivity contribution is 5.96. The van der Waals surface area contributed by atoms with E-state index in [1.807, 2.05) is 0 Å². The van der Waals surface area contributed by atoms with Crippen LogP contribution < -0.4 is 14.8 Å². The maximum Gasteiger partial charge on any atom is 0.313 e. The van der Waals surface area contributed by atoms with Crippen LogP contribution in [0.4, 0.5) is 8.78 Å². The normalized spacial score (nSPS) is 11.9. The fourth-order valence-corrected chi connectivity index (χ4v) is 3.73. The highest BCUT2D eigenvalue weighted by Crippen LogP contribution is 2.33. The molecule has 0 radical (unpaired) electrons. The van der Waals surface area contributed by atoms with E-state index in [4.69, 9.17) is 14.0 Å². The first kappa shape index (κ1) is 27.4. The second-order valence-electron chi connectivity index (χ2n) is 8.99. The van der Waals surface area contributed by atoms with Crippen molar-refractivity contribution in [2.45, 2.75) is 32.7 Å². The van der Waals surface area contributed by atoms with Gasteiger partial charge in [0, 0.05) is 12.3 Å². The minimum Gasteiger partial charge on any atom is -0.493 e. The third-order valence-corrected chi connectivity index (χ3v) is 5.82. The van der Waals surface area contributed by atoms with Gasteiger partial charge in [-0.1, -0.05) is 43.3 Å². The number of rotatable bonds is 9. The lowest BCUT2D eigenvalue weighted by Crippen LogP contribution is -2.29. The number of esters is 1. The Labute approximate surface area is 223 Å². The molecule has 0 fully saturated rings. The van der Waals surface area contributed by atoms with Crippen molar-refractivity contribution < 1.29 is 32.4 Å². The lowest BCUT2D eigenvalue weighted by molar-refractivity contribution is -0.137. The SMILES string of the molecule is COc1ccnc(C(=O)N[C@@H](C)c2noc(C(c3ccc(F)cc3)c3ccc(F)cc3)n2)c1OC(=O)C(C)C. The molecular weight excluding hydrogens is 510 g/mol. The molecule has 39 heavy (non-hydrogen) atoms. The van der Waals surface area contributed by atoms with E-state index in [-0.39, 0.29) is 28.9 Å². The van der Waals surface area contributed by atoms with E-state index in [1.165, 1.54) is 43.6 Å². The molecule has 1 N–H and O–H groups in total. The molecule has 4 rings (SSSR count). The summed E-state index contributed by atoms with van der Waals surface area (Å²) in [5.41, 5.74) is 1.13. The molecule has 2 aromatic carbocycles. The lowest BCUT2D eigenvalue weighted by atomic mass is 9.91. The summed E-state index contributed by atoms with van der Waals surface area (Å²) in [4.78, 5) is 33.9. The molecule has 1 atom stereocenters. The smallest absolute Gasteiger partial charge is 0.313 e. The summed E-state index contributed by atoms with van der Waals surface area (Å²) in [5.74, 6) is -2.73. The van der Waals surface area contributed by atoms with Gasteiger partial charge < -0.3 is 19.3 Å². The van der Waals surface area contributed by atoms with Gasteiger partial charge in [-0.25, -0.2) is 13.8 Å². The van der Waals surface area contributed by atoms with Crippen LogP contribution in [0.1, 0.15) is 66.1 Å². The van der Waals surface area contributed by atoms with E-state index in [0.717, 1.165) is 0 Å². The van der Waals surface area contributed by atoms with Gasteiger partial charge in [0.1, 0.15) is 11.6 Å². The average molecular weight is 537 g/mol. The minimum absolute atomic E-state index is 0.107. The molecule has 11 heteroatoms. The number of benzene rings is 2. The van der Waals surface area contributed by atoms with E-state index in [9.17, 15) is 18.4 Å². The van der Waals surface area contributed by atoms with Crippen LogP contribution in [-0.4, -0.2) is 34.1 Å². The monoisotopic (exact) mass is 536 g/mol. The third kappa shape index (κ3) is 6.25. The molecule has 4 aromatic rings. The molecule has 0 unspecified atom stereocenters. The van der Waals surface area contributed by atoms with Crippen molar-refractivity contribution in [2.75, 3.05) is 7.11 Å². The Morgan fingerprint density at radius 3 is 2.05 bits per heavy atom. The quantitative estimate of drug-likeness (QED) is 0.298. The van der Waals surface area contributed by atoms with Crippen molar-refractivity contribution in [3.05, 3.63) is 101 Å². The number of nitrogens with zero attached hydrogens (tertiary/aromatic N) is 3. The van der Waals surface area contributed by atoms with Crippen molar-refractivity contribution in [1.82, 2.24) is 20.4 Å². The molecule has 0 spiro atoms. The number of halogens is 2. The predicted octanol–water partition coefficient (Wildman–Crippen LogP) is 4.98. The maximum atomic E-state index is 13.6. The summed E-state index contributed by atoms with van der Waals surface area (Å²) >= 11 is 0. The topological polar surface area (TPSA) is 116 Å². The van der Waals surface area contributed by atoms with Gasteiger partial charge in [0.2, 0.25) is 11.6 Å². The highest BCUT2D eigenvalue weighted by atomic mass is 19.1. The van der Waals surface area contributed by atoms with E-state index >= 15 is 0 Å². The van der Waals surface area contributed by atoms with Crippen molar-refractivity contribution in [1.29, 1.82) is 0 Å². The molecule has 0 aliphatic heterocycles. The Hall–Kier alpha value is -4.67. The minimum atomic E-state index is -0.751. The van der Waals surface area contributed by atoms with Crippen molar-refractivity contribution in [3.63, 3.8) is 0 Å². The number of carbonyl (C=O) groups is 2. The molecule has 0 saturated carbocycles. The van der Waals surface area contributed by atoms with Gasteiger partial charge in [-0.05, 0) is 42.3 Å². The standard InChI is InChI=1S/C28H26F2N4O5/c1-15(2)28(36)38-24-21(37-4)13-14-31-23(24)26(35)32-16(3)25-33-27(39-34-25)22(17-5-9-19(29)10-6-17)18-7-11-20(30)12-8-18/h5-16,22H,1-4H3,(H,32,35)/t16-/m0/s1. The van der Waals surface area contributed by atoms with Crippen LogP contribution >= 0.6 is 0 Å². The summed E-state index contributed by atoms with van der Waals surface area (Å²) in [6.07, 6.45) is 1.35. The number of ether oxygens (including phenoxy) is 2. The van der Waals surface area contributed by atoms with Gasteiger partial charge >= 0.3 is 5.97 Å². The van der Waals surface area contributed by atoms with Gasteiger partial charge in [-0.3, -0.25) is 9.59 Å². The molecule has 0 bridgehead atoms. The summed E-state index contributed by atoms with van der Waals surface area (Å²) in [6, 6.07) is 12.2. The first-order valence-corrected chi connectivity index (χ1v) is 12.1. The molecule has 202 valence electrons. The van der Waals surface area contributed by atoms with Crippen molar-refractivity contribution in [2.24, 2.45) is 5.92 Å². The first-order chi connectivity index (χ1) is 18.7. The number of nitrogens with one attached hydrogen (secondary N) is 1. The average Bonchev–Trinajstić information content (AvgIpc) is 3.41. The van der Waals surface area contributed by atoms with Crippen LogP contribution in [0.3, 0.4) is 0 Å². The van der Waals surface area contributed by atoms with Crippen LogP contribution in [0.25, 0.3) is 0 Å². The highest BCUT2D eigenvalue weighted by Gasteiger charge is 2.28. The summed E-state index contributed by atoms with van der Waals surface area (Å²) in [7, 11) is 1.38. The zero-order valence-corrected chi connectivity index (χ0v) is 21.6. The van der Waals surface area contributed by atoms with Gasteiger partial charge in [-0.15, -0.1) is 0 Å². The van der Waals surface area contributed by atoms with Crippen LogP contribution in [0.5, 0.6) is 11.5 Å². The molecule has 9 nitrogen and oxygen atoms in total. The second kappa shape index (κ2) is 11.8. The number of pyridine rings is 1. The first-order valence-electron chi connectivity index (χ1n) is 12.1. The number of amides is 1. The lowest BCUT2D eigenvalue weighted by Gasteiger charge is -2.15. The van der Waals surface area contributed by atoms with Gasteiger partial charge in [-0.2, -0.15) is 4.98 Å². The van der Waals surface area contributed by atoms with Crippen LogP contribution in [0.15, 0.2) is 65.3 Å². The molecule has 1 amide bonds. The van der Waals surface area contributed by atoms with Gasteiger partial charge in [0.25, 0.3) is 5.91 Å². The van der Waals surface area contributed by atoms with Crippen LogP contribution in [0, 0.1) is 17.6 Å². The van der Waals surface area contributed by atoms with E-state index in [0.29, 0.717) is 11.1 Å². The number of hydrogen-bond donors (Lipinski definition) is 1. The largest absolute Gasteiger partial charge is 0.493 e. The predicted molar refractivity (Wildman–Crippen MR) is 135 cm³/mol. The Morgan fingerprint density at radius 2 is 1.51 bits per heavy atom. The van der Waals surface area contributed by atoms with Crippen LogP contribution in [0.2, 0.25) is 0 Å². The molecule has 2 aromatic heterocycles. The van der Waals surface area contributed by atoms with Crippen LogP contribution in [-0.2, 0) is 4.79 Å². The summed E-state index contributed by atoms with van der Waals surface area (Å²) in [6.45, 7) is 4.95.